The van der Waals surface area contributed by atoms with Gasteiger partial charge in [0, 0.05) is 31.7 Å². The molecule has 1 aromatic rings. The van der Waals surface area contributed by atoms with E-state index in [4.69, 9.17) is 14.2 Å². The molecule has 1 atom stereocenters. The minimum atomic E-state index is -3.63. The average Bonchev–Trinajstić information content (AvgIpc) is 2.64. The molecule has 148 valence electrons. The number of ether oxygens (including phenoxy) is 3. The molecule has 8 heteroatoms. The highest BCUT2D eigenvalue weighted by Crippen LogP contribution is 2.29. The molecule has 0 bridgehead atoms. The van der Waals surface area contributed by atoms with Gasteiger partial charge in [-0.25, -0.2) is 13.1 Å². The van der Waals surface area contributed by atoms with Crippen LogP contribution in [0.3, 0.4) is 0 Å². The second-order valence-electron chi connectivity index (χ2n) is 6.80. The average molecular weight is 387 g/mol. The molecule has 1 N–H and O–H groups in total. The number of rotatable bonds is 9. The fourth-order valence-corrected chi connectivity index (χ4v) is 4.21. The van der Waals surface area contributed by atoms with Gasteiger partial charge in [-0.05, 0) is 24.5 Å². The van der Waals surface area contributed by atoms with Gasteiger partial charge in [-0.1, -0.05) is 13.8 Å². The molecule has 1 aliphatic rings. The highest BCUT2D eigenvalue weighted by atomic mass is 32.2. The van der Waals surface area contributed by atoms with Crippen LogP contribution in [-0.2, 0) is 14.8 Å². The predicted octanol–water partition coefficient (Wildman–Crippen LogP) is 1.73. The van der Waals surface area contributed by atoms with Gasteiger partial charge in [-0.15, -0.1) is 0 Å². The van der Waals surface area contributed by atoms with Crippen molar-refractivity contribution in [2.24, 2.45) is 5.92 Å². The molecule has 0 aromatic heterocycles. The first-order valence-corrected chi connectivity index (χ1v) is 10.4. The first-order valence-electron chi connectivity index (χ1n) is 8.91. The Kier molecular flexibility index (Phi) is 7.69. The largest absolute Gasteiger partial charge is 0.493 e. The Morgan fingerprint density at radius 3 is 2.38 bits per heavy atom. The molecule has 1 aliphatic heterocycles. The molecule has 1 aromatic carbocycles. The van der Waals surface area contributed by atoms with Gasteiger partial charge in [0.2, 0.25) is 10.0 Å². The Morgan fingerprint density at radius 1 is 1.15 bits per heavy atom. The summed E-state index contributed by atoms with van der Waals surface area (Å²) in [5.41, 5.74) is 0. The first kappa shape index (κ1) is 21.0. The molecular formula is C18H30N2O5S. The van der Waals surface area contributed by atoms with Crippen LogP contribution in [-0.4, -0.2) is 66.4 Å². The monoisotopic (exact) mass is 386 g/mol. The van der Waals surface area contributed by atoms with E-state index in [0.29, 0.717) is 37.2 Å². The Labute approximate surface area is 156 Å². The van der Waals surface area contributed by atoms with E-state index in [1.165, 1.54) is 26.4 Å². The van der Waals surface area contributed by atoms with E-state index < -0.39 is 10.0 Å². The van der Waals surface area contributed by atoms with Crippen LogP contribution in [0.4, 0.5) is 0 Å². The Balaban J connectivity index is 2.10. The highest BCUT2D eigenvalue weighted by Gasteiger charge is 2.25. The van der Waals surface area contributed by atoms with Gasteiger partial charge in [0.15, 0.2) is 11.5 Å². The normalized spacial score (nSPS) is 17.3. The summed E-state index contributed by atoms with van der Waals surface area (Å²) in [5, 5.41) is 0. The number of hydrogen-bond acceptors (Lipinski definition) is 6. The van der Waals surface area contributed by atoms with Gasteiger partial charge < -0.3 is 14.2 Å². The zero-order valence-corrected chi connectivity index (χ0v) is 16.8. The van der Waals surface area contributed by atoms with Crippen LogP contribution < -0.4 is 14.2 Å². The summed E-state index contributed by atoms with van der Waals surface area (Å²) in [5.74, 6) is 1.37. The molecular weight excluding hydrogens is 356 g/mol. The van der Waals surface area contributed by atoms with E-state index in [2.05, 4.69) is 23.5 Å². The van der Waals surface area contributed by atoms with Crippen molar-refractivity contribution in [2.75, 3.05) is 47.1 Å². The van der Waals surface area contributed by atoms with E-state index in [9.17, 15) is 8.42 Å². The molecule has 0 unspecified atom stereocenters. The summed E-state index contributed by atoms with van der Waals surface area (Å²) in [6, 6.07) is 4.75. The molecule has 26 heavy (non-hydrogen) atoms. The van der Waals surface area contributed by atoms with Crippen molar-refractivity contribution in [3.8, 4) is 11.5 Å². The quantitative estimate of drug-likeness (QED) is 0.696. The zero-order chi connectivity index (χ0) is 19.2. The van der Waals surface area contributed by atoms with Gasteiger partial charge in [0.25, 0.3) is 0 Å². The van der Waals surface area contributed by atoms with Crippen molar-refractivity contribution in [1.29, 1.82) is 0 Å². The topological polar surface area (TPSA) is 77.1 Å². The number of hydrogen-bond donors (Lipinski definition) is 1. The fourth-order valence-electron chi connectivity index (χ4n) is 3.12. The Morgan fingerprint density at radius 2 is 1.81 bits per heavy atom. The van der Waals surface area contributed by atoms with Crippen molar-refractivity contribution in [1.82, 2.24) is 9.62 Å². The second-order valence-corrected chi connectivity index (χ2v) is 8.57. The number of nitrogens with one attached hydrogen (secondary N) is 1. The van der Waals surface area contributed by atoms with Crippen molar-refractivity contribution >= 4 is 10.0 Å². The zero-order valence-electron chi connectivity index (χ0n) is 16.0. The van der Waals surface area contributed by atoms with Crippen LogP contribution in [0.5, 0.6) is 11.5 Å². The van der Waals surface area contributed by atoms with Gasteiger partial charge in [-0.3, -0.25) is 4.90 Å². The summed E-state index contributed by atoms with van der Waals surface area (Å²) in [7, 11) is -0.629. The third-order valence-corrected chi connectivity index (χ3v) is 5.90. The molecule has 0 aliphatic carbocycles. The number of morpholine rings is 1. The third kappa shape index (κ3) is 5.57. The molecule has 1 heterocycles. The molecule has 0 amide bonds. The van der Waals surface area contributed by atoms with Gasteiger partial charge in [-0.2, -0.15) is 0 Å². The van der Waals surface area contributed by atoms with E-state index in [-0.39, 0.29) is 10.9 Å². The van der Waals surface area contributed by atoms with Crippen LogP contribution in [0, 0.1) is 5.92 Å². The number of benzene rings is 1. The van der Waals surface area contributed by atoms with Crippen molar-refractivity contribution < 1.29 is 22.6 Å². The summed E-state index contributed by atoms with van der Waals surface area (Å²) in [4.78, 5) is 2.47. The second kappa shape index (κ2) is 9.55. The summed E-state index contributed by atoms with van der Waals surface area (Å²) in [6.07, 6.45) is 0.925. The van der Waals surface area contributed by atoms with Gasteiger partial charge in [0.1, 0.15) is 0 Å². The van der Waals surface area contributed by atoms with Crippen LogP contribution in [0.25, 0.3) is 0 Å². The summed E-state index contributed by atoms with van der Waals surface area (Å²) in [6.45, 7) is 7.71. The smallest absolute Gasteiger partial charge is 0.240 e. The molecule has 1 saturated heterocycles. The third-order valence-electron chi connectivity index (χ3n) is 4.48. The van der Waals surface area contributed by atoms with Crippen molar-refractivity contribution in [2.45, 2.75) is 31.2 Å². The van der Waals surface area contributed by atoms with E-state index in [1.807, 2.05) is 0 Å². The highest BCUT2D eigenvalue weighted by molar-refractivity contribution is 7.89. The molecule has 2 rings (SSSR count). The molecule has 0 saturated carbocycles. The van der Waals surface area contributed by atoms with Crippen molar-refractivity contribution in [3.63, 3.8) is 0 Å². The van der Waals surface area contributed by atoms with Gasteiger partial charge >= 0.3 is 0 Å². The number of methoxy groups -OCH3 is 2. The molecule has 7 nitrogen and oxygen atoms in total. The van der Waals surface area contributed by atoms with Crippen LogP contribution >= 0.6 is 0 Å². The minimum Gasteiger partial charge on any atom is -0.493 e. The fraction of sp³-hybridized carbons (Fsp3) is 0.667. The maximum absolute atomic E-state index is 12.7. The lowest BCUT2D eigenvalue weighted by atomic mass is 10.0. The number of sulfonamides is 1. The lowest BCUT2D eigenvalue weighted by Gasteiger charge is -2.35. The Bertz CT molecular complexity index is 672. The molecule has 1 fully saturated rings. The minimum absolute atomic E-state index is 0.147. The van der Waals surface area contributed by atoms with Crippen LogP contribution in [0.15, 0.2) is 23.1 Å². The van der Waals surface area contributed by atoms with E-state index in [1.54, 1.807) is 6.07 Å². The summed E-state index contributed by atoms with van der Waals surface area (Å²) >= 11 is 0. The SMILES string of the molecule is COc1ccc(S(=O)(=O)NC[C@H](CC(C)C)N2CCOCC2)cc1OC. The maximum Gasteiger partial charge on any atom is 0.240 e. The van der Waals surface area contributed by atoms with Crippen LogP contribution in [0.2, 0.25) is 0 Å². The lowest BCUT2D eigenvalue weighted by Crippen LogP contribution is -2.49. The number of nitrogens with zero attached hydrogens (tertiary/aromatic N) is 1. The van der Waals surface area contributed by atoms with E-state index in [0.717, 1.165) is 19.5 Å². The first-order chi connectivity index (χ1) is 12.4. The van der Waals surface area contributed by atoms with Crippen molar-refractivity contribution in [3.05, 3.63) is 18.2 Å². The molecule has 0 spiro atoms. The summed E-state index contributed by atoms with van der Waals surface area (Å²) < 4.78 is 44.0. The van der Waals surface area contributed by atoms with Crippen LogP contribution in [0.1, 0.15) is 20.3 Å². The standard InChI is InChI=1S/C18H30N2O5S/c1-14(2)11-15(20-7-9-25-10-8-20)13-19-26(21,22)16-5-6-17(23-3)18(12-16)24-4/h5-6,12,14-15,19H,7-11,13H2,1-4H3/t15-/m0/s1. The lowest BCUT2D eigenvalue weighted by molar-refractivity contribution is 0.0134. The van der Waals surface area contributed by atoms with E-state index >= 15 is 0 Å². The Hall–Kier alpha value is -1.35. The van der Waals surface area contributed by atoms with Gasteiger partial charge in [0.05, 0.1) is 32.3 Å². The maximum atomic E-state index is 12.7. The molecule has 0 radical (unpaired) electrons. The predicted molar refractivity (Wildman–Crippen MR) is 100 cm³/mol.